The third kappa shape index (κ3) is 7.59. The SMILES string of the molecule is CCCCCCCCCCCCC1(CCl)CCCC1. The molecule has 1 heteroatoms. The van der Waals surface area contributed by atoms with E-state index in [1.165, 1.54) is 96.3 Å². The van der Waals surface area contributed by atoms with Crippen LogP contribution in [0.15, 0.2) is 0 Å². The molecule has 0 aliphatic heterocycles. The third-order valence-corrected chi connectivity index (χ3v) is 5.58. The van der Waals surface area contributed by atoms with Crippen molar-refractivity contribution < 1.29 is 0 Å². The highest BCUT2D eigenvalue weighted by Crippen LogP contribution is 2.43. The molecular weight excluding hydrogens is 252 g/mol. The Morgan fingerprint density at radius 3 is 1.68 bits per heavy atom. The molecule has 1 fully saturated rings. The van der Waals surface area contributed by atoms with E-state index in [4.69, 9.17) is 11.6 Å². The van der Waals surface area contributed by atoms with Crippen LogP contribution in [0.4, 0.5) is 0 Å². The maximum absolute atomic E-state index is 6.19. The van der Waals surface area contributed by atoms with Gasteiger partial charge in [0, 0.05) is 5.88 Å². The standard InChI is InChI=1S/C18H35Cl/c1-2-3-4-5-6-7-8-9-10-11-14-18(17-19)15-12-13-16-18/h2-17H2,1H3. The van der Waals surface area contributed by atoms with Crippen molar-refractivity contribution in [3.05, 3.63) is 0 Å². The van der Waals surface area contributed by atoms with E-state index in [1.807, 2.05) is 0 Å². The number of alkyl halides is 1. The molecule has 114 valence electrons. The first kappa shape index (κ1) is 17.3. The topological polar surface area (TPSA) is 0 Å². The molecule has 1 rings (SSSR count). The zero-order valence-electron chi connectivity index (χ0n) is 13.2. The second-order valence-electron chi connectivity index (χ2n) is 6.77. The lowest BCUT2D eigenvalue weighted by atomic mass is 9.83. The van der Waals surface area contributed by atoms with Crippen molar-refractivity contribution in [3.8, 4) is 0 Å². The van der Waals surface area contributed by atoms with Crippen molar-refractivity contribution in [2.24, 2.45) is 5.41 Å². The van der Waals surface area contributed by atoms with E-state index in [2.05, 4.69) is 6.92 Å². The summed E-state index contributed by atoms with van der Waals surface area (Å²) >= 11 is 6.19. The van der Waals surface area contributed by atoms with Gasteiger partial charge in [0.15, 0.2) is 0 Å². The minimum atomic E-state index is 0.543. The monoisotopic (exact) mass is 286 g/mol. The van der Waals surface area contributed by atoms with Crippen LogP contribution in [0, 0.1) is 5.41 Å². The first-order valence-electron chi connectivity index (χ1n) is 8.89. The van der Waals surface area contributed by atoms with Crippen molar-refractivity contribution in [2.75, 3.05) is 5.88 Å². The highest BCUT2D eigenvalue weighted by molar-refractivity contribution is 6.18. The lowest BCUT2D eigenvalue weighted by molar-refractivity contribution is 0.300. The van der Waals surface area contributed by atoms with Crippen molar-refractivity contribution >= 4 is 11.6 Å². The van der Waals surface area contributed by atoms with Gasteiger partial charge >= 0.3 is 0 Å². The van der Waals surface area contributed by atoms with Gasteiger partial charge < -0.3 is 0 Å². The summed E-state index contributed by atoms with van der Waals surface area (Å²) in [6.07, 6.45) is 21.4. The molecule has 0 heterocycles. The number of rotatable bonds is 12. The number of hydrogen-bond donors (Lipinski definition) is 0. The van der Waals surface area contributed by atoms with Gasteiger partial charge in [0.05, 0.1) is 0 Å². The smallest absolute Gasteiger partial charge is 0.0279 e. The largest absolute Gasteiger partial charge is 0.126 e. The van der Waals surface area contributed by atoms with E-state index < -0.39 is 0 Å². The zero-order chi connectivity index (χ0) is 13.8. The quantitative estimate of drug-likeness (QED) is 0.265. The van der Waals surface area contributed by atoms with Crippen LogP contribution in [-0.4, -0.2) is 5.88 Å². The molecule has 0 N–H and O–H groups in total. The summed E-state index contributed by atoms with van der Waals surface area (Å²) in [5.74, 6) is 0.907. The molecule has 0 saturated heterocycles. The molecular formula is C18H35Cl. The predicted molar refractivity (Wildman–Crippen MR) is 88.1 cm³/mol. The Balaban J connectivity index is 1.85. The normalized spacial score (nSPS) is 18.0. The van der Waals surface area contributed by atoms with Crippen molar-refractivity contribution in [1.82, 2.24) is 0 Å². The fraction of sp³-hybridized carbons (Fsp3) is 1.00. The Morgan fingerprint density at radius 1 is 0.737 bits per heavy atom. The van der Waals surface area contributed by atoms with Crippen LogP contribution in [0.2, 0.25) is 0 Å². The second kappa shape index (κ2) is 11.0. The highest BCUT2D eigenvalue weighted by atomic mass is 35.5. The zero-order valence-corrected chi connectivity index (χ0v) is 13.9. The molecule has 1 saturated carbocycles. The van der Waals surface area contributed by atoms with Gasteiger partial charge in [0.1, 0.15) is 0 Å². The molecule has 1 aliphatic carbocycles. The molecule has 0 spiro atoms. The van der Waals surface area contributed by atoms with Crippen LogP contribution in [0.3, 0.4) is 0 Å². The Bertz CT molecular complexity index is 194. The first-order valence-corrected chi connectivity index (χ1v) is 9.42. The molecule has 0 aromatic rings. The minimum Gasteiger partial charge on any atom is -0.126 e. The fourth-order valence-electron chi connectivity index (χ4n) is 3.56. The van der Waals surface area contributed by atoms with Crippen molar-refractivity contribution in [1.29, 1.82) is 0 Å². The molecule has 0 radical (unpaired) electrons. The van der Waals surface area contributed by atoms with Crippen molar-refractivity contribution in [3.63, 3.8) is 0 Å². The molecule has 0 nitrogen and oxygen atoms in total. The summed E-state index contributed by atoms with van der Waals surface area (Å²) in [6.45, 7) is 2.29. The van der Waals surface area contributed by atoms with Gasteiger partial charge in [-0.05, 0) is 24.7 Å². The summed E-state index contributed by atoms with van der Waals surface area (Å²) in [4.78, 5) is 0. The number of halogens is 1. The van der Waals surface area contributed by atoms with E-state index in [0.717, 1.165) is 5.88 Å². The molecule has 1 aliphatic rings. The number of hydrogen-bond acceptors (Lipinski definition) is 0. The Kier molecular flexibility index (Phi) is 10.0. The van der Waals surface area contributed by atoms with Crippen LogP contribution in [-0.2, 0) is 0 Å². The Labute approximate surface area is 126 Å². The van der Waals surface area contributed by atoms with Gasteiger partial charge in [-0.15, -0.1) is 11.6 Å². The summed E-state index contributed by atoms with van der Waals surface area (Å²) in [5, 5.41) is 0. The van der Waals surface area contributed by atoms with Gasteiger partial charge in [-0.3, -0.25) is 0 Å². The van der Waals surface area contributed by atoms with E-state index in [9.17, 15) is 0 Å². The van der Waals surface area contributed by atoms with Crippen LogP contribution in [0.25, 0.3) is 0 Å². The first-order chi connectivity index (χ1) is 9.33. The minimum absolute atomic E-state index is 0.543. The van der Waals surface area contributed by atoms with Crippen molar-refractivity contribution in [2.45, 2.75) is 103 Å². The average Bonchev–Trinajstić information content (AvgIpc) is 2.90. The molecule has 0 bridgehead atoms. The fourth-order valence-corrected chi connectivity index (χ4v) is 3.96. The molecule has 0 aromatic heterocycles. The maximum atomic E-state index is 6.19. The van der Waals surface area contributed by atoms with E-state index in [1.54, 1.807) is 0 Å². The average molecular weight is 287 g/mol. The Hall–Kier alpha value is 0.290. The van der Waals surface area contributed by atoms with Gasteiger partial charge in [-0.2, -0.15) is 0 Å². The van der Waals surface area contributed by atoms with Crippen LogP contribution < -0.4 is 0 Å². The summed E-state index contributed by atoms with van der Waals surface area (Å²) in [7, 11) is 0. The Morgan fingerprint density at radius 2 is 1.21 bits per heavy atom. The second-order valence-corrected chi connectivity index (χ2v) is 7.04. The summed E-state index contributed by atoms with van der Waals surface area (Å²) < 4.78 is 0. The van der Waals surface area contributed by atoms with Gasteiger partial charge in [-0.25, -0.2) is 0 Å². The van der Waals surface area contributed by atoms with Gasteiger partial charge in [-0.1, -0.05) is 84.0 Å². The van der Waals surface area contributed by atoms with E-state index in [-0.39, 0.29) is 0 Å². The van der Waals surface area contributed by atoms with Gasteiger partial charge in [0.2, 0.25) is 0 Å². The van der Waals surface area contributed by atoms with Crippen LogP contribution in [0.1, 0.15) is 103 Å². The summed E-state index contributed by atoms with van der Waals surface area (Å²) in [6, 6.07) is 0. The predicted octanol–water partition coefficient (Wildman–Crippen LogP) is 7.10. The lowest BCUT2D eigenvalue weighted by Gasteiger charge is -2.26. The van der Waals surface area contributed by atoms with E-state index in [0.29, 0.717) is 5.41 Å². The molecule has 0 unspecified atom stereocenters. The van der Waals surface area contributed by atoms with Crippen LogP contribution in [0.5, 0.6) is 0 Å². The molecule has 0 amide bonds. The van der Waals surface area contributed by atoms with Gasteiger partial charge in [0.25, 0.3) is 0 Å². The molecule has 0 aromatic carbocycles. The maximum Gasteiger partial charge on any atom is 0.0279 e. The van der Waals surface area contributed by atoms with E-state index >= 15 is 0 Å². The highest BCUT2D eigenvalue weighted by Gasteiger charge is 2.31. The molecule has 19 heavy (non-hydrogen) atoms. The number of unbranched alkanes of at least 4 members (excludes halogenated alkanes) is 9. The summed E-state index contributed by atoms with van der Waals surface area (Å²) in [5.41, 5.74) is 0.543. The van der Waals surface area contributed by atoms with Crippen LogP contribution >= 0.6 is 11.6 Å². The molecule has 0 atom stereocenters. The third-order valence-electron chi connectivity index (χ3n) is 5.01. The lowest BCUT2D eigenvalue weighted by Crippen LogP contribution is -2.18.